The summed E-state index contributed by atoms with van der Waals surface area (Å²) in [6, 6.07) is 23.0. The van der Waals surface area contributed by atoms with Crippen molar-refractivity contribution in [2.75, 3.05) is 39.4 Å². The summed E-state index contributed by atoms with van der Waals surface area (Å²) in [6.45, 7) is 3.78. The van der Waals surface area contributed by atoms with Crippen LogP contribution in [0.4, 0.5) is 22.0 Å². The van der Waals surface area contributed by atoms with Crippen molar-refractivity contribution in [1.82, 2.24) is 19.4 Å². The van der Waals surface area contributed by atoms with E-state index in [0.717, 1.165) is 42.4 Å². The van der Waals surface area contributed by atoms with Gasteiger partial charge >= 0.3 is 6.18 Å². The first kappa shape index (κ1) is 34.9. The molecule has 0 radical (unpaired) electrons. The molecule has 0 unspecified atom stereocenters. The highest BCUT2D eigenvalue weighted by Crippen LogP contribution is 2.31. The van der Waals surface area contributed by atoms with Crippen LogP contribution in [-0.4, -0.2) is 64.7 Å². The molecule has 2 heterocycles. The highest BCUT2D eigenvalue weighted by molar-refractivity contribution is 5.82. The number of aromatic nitrogens is 2. The number of hydrogen-bond acceptors (Lipinski definition) is 5. The zero-order chi connectivity index (χ0) is 35.3. The fraction of sp³-hybridized carbons (Fsp3) is 0.289. The van der Waals surface area contributed by atoms with Gasteiger partial charge in [0, 0.05) is 39.1 Å². The molecule has 6 rings (SSSR count). The Hall–Kier alpha value is -4.94. The SMILES string of the molecule is O=C(Cn1c(CCc2cccc(F)c2F)nc(=O)c2ccccc21)N(CCN1CCOCC1)Cc1ccc(-c2ccc(C(F)(F)F)cc2)cc1. The summed E-state index contributed by atoms with van der Waals surface area (Å²) < 4.78 is 74.7. The zero-order valence-corrected chi connectivity index (χ0v) is 27.1. The second-order valence-electron chi connectivity index (χ2n) is 12.2. The summed E-state index contributed by atoms with van der Waals surface area (Å²) in [5.74, 6) is -1.89. The largest absolute Gasteiger partial charge is 0.416 e. The summed E-state index contributed by atoms with van der Waals surface area (Å²) in [6.07, 6.45) is -4.27. The average Bonchev–Trinajstić information content (AvgIpc) is 3.12. The minimum absolute atomic E-state index is 0.0641. The van der Waals surface area contributed by atoms with Gasteiger partial charge in [-0.1, -0.05) is 60.7 Å². The summed E-state index contributed by atoms with van der Waals surface area (Å²) in [7, 11) is 0. The summed E-state index contributed by atoms with van der Waals surface area (Å²) >= 11 is 0. The van der Waals surface area contributed by atoms with E-state index in [4.69, 9.17) is 4.74 Å². The Morgan fingerprint density at radius 1 is 0.840 bits per heavy atom. The number of alkyl halides is 3. The molecule has 1 aliphatic heterocycles. The monoisotopic (exact) mass is 690 g/mol. The molecule has 7 nitrogen and oxygen atoms in total. The Morgan fingerprint density at radius 3 is 2.22 bits per heavy atom. The number of carbonyl (C=O) groups is 1. The first-order valence-corrected chi connectivity index (χ1v) is 16.3. The standard InChI is InChI=1S/C38H35F5N4O3/c39-32-6-3-4-29(36(32)40)14-17-34-44-37(49)31-5-1-2-7-33(31)47(34)25-35(48)46(19-18-45-20-22-50-23-21-45)24-26-8-10-27(11-9-26)28-12-15-30(16-13-28)38(41,42)43/h1-13,15-16H,14,17-25H2. The third-order valence-corrected chi connectivity index (χ3v) is 8.93. The van der Waals surface area contributed by atoms with E-state index in [1.54, 1.807) is 33.7 Å². The lowest BCUT2D eigenvalue weighted by atomic mass is 10.0. The molecule has 0 spiro atoms. The fourth-order valence-electron chi connectivity index (χ4n) is 6.11. The molecule has 0 bridgehead atoms. The van der Waals surface area contributed by atoms with Gasteiger partial charge in [-0.25, -0.2) is 8.78 Å². The second kappa shape index (κ2) is 15.3. The first-order chi connectivity index (χ1) is 24.1. The number of aryl methyl sites for hydroxylation is 2. The van der Waals surface area contributed by atoms with Crippen LogP contribution in [0.5, 0.6) is 0 Å². The predicted molar refractivity (Wildman–Crippen MR) is 179 cm³/mol. The van der Waals surface area contributed by atoms with E-state index in [9.17, 15) is 31.5 Å². The van der Waals surface area contributed by atoms with E-state index in [0.29, 0.717) is 42.8 Å². The van der Waals surface area contributed by atoms with Crippen molar-refractivity contribution in [3.8, 4) is 11.1 Å². The topological polar surface area (TPSA) is 67.7 Å². The molecule has 1 aromatic heterocycles. The molecular weight excluding hydrogens is 655 g/mol. The molecule has 5 aromatic rings. The van der Waals surface area contributed by atoms with E-state index in [1.807, 2.05) is 24.3 Å². The number of benzene rings is 4. The Kier molecular flexibility index (Phi) is 10.7. The maximum absolute atomic E-state index is 14.5. The van der Waals surface area contributed by atoms with Crippen LogP contribution in [0.1, 0.15) is 22.5 Å². The quantitative estimate of drug-likeness (QED) is 0.148. The molecule has 1 fully saturated rings. The van der Waals surface area contributed by atoms with Crippen molar-refractivity contribution in [3.05, 3.63) is 135 Å². The lowest BCUT2D eigenvalue weighted by molar-refractivity contribution is -0.137. The number of fused-ring (bicyclic) bond motifs is 1. The van der Waals surface area contributed by atoms with Gasteiger partial charge in [0.1, 0.15) is 12.4 Å². The lowest BCUT2D eigenvalue weighted by Crippen LogP contribution is -2.43. The fourth-order valence-corrected chi connectivity index (χ4v) is 6.11. The molecule has 0 N–H and O–H groups in total. The van der Waals surface area contributed by atoms with Gasteiger partial charge in [-0.15, -0.1) is 0 Å². The summed E-state index contributed by atoms with van der Waals surface area (Å²) in [5.41, 5.74) is 1.63. The summed E-state index contributed by atoms with van der Waals surface area (Å²) in [4.78, 5) is 35.4. The van der Waals surface area contributed by atoms with Gasteiger partial charge in [0.05, 0.1) is 29.7 Å². The highest BCUT2D eigenvalue weighted by Gasteiger charge is 2.30. The van der Waals surface area contributed by atoms with Gasteiger partial charge in [-0.2, -0.15) is 18.2 Å². The van der Waals surface area contributed by atoms with Gasteiger partial charge in [0.15, 0.2) is 11.6 Å². The van der Waals surface area contributed by atoms with Crippen molar-refractivity contribution in [2.24, 2.45) is 0 Å². The maximum Gasteiger partial charge on any atom is 0.416 e. The number of halogens is 5. The maximum atomic E-state index is 14.5. The molecule has 0 saturated carbocycles. The number of morpholine rings is 1. The summed E-state index contributed by atoms with van der Waals surface area (Å²) in [5, 5.41) is 0.333. The molecule has 1 aliphatic rings. The molecule has 12 heteroatoms. The number of rotatable bonds is 11. The van der Waals surface area contributed by atoms with Crippen molar-refractivity contribution >= 4 is 16.8 Å². The minimum Gasteiger partial charge on any atom is -0.379 e. The van der Waals surface area contributed by atoms with Gasteiger partial charge in [-0.3, -0.25) is 14.5 Å². The Morgan fingerprint density at radius 2 is 1.52 bits per heavy atom. The van der Waals surface area contributed by atoms with Crippen LogP contribution in [0.25, 0.3) is 22.0 Å². The number of para-hydroxylation sites is 1. The lowest BCUT2D eigenvalue weighted by Gasteiger charge is -2.30. The van der Waals surface area contributed by atoms with E-state index in [1.165, 1.54) is 24.3 Å². The van der Waals surface area contributed by atoms with E-state index >= 15 is 0 Å². The van der Waals surface area contributed by atoms with Gasteiger partial charge in [-0.05, 0) is 59.0 Å². The normalized spacial score (nSPS) is 13.9. The van der Waals surface area contributed by atoms with Crippen molar-refractivity contribution < 1.29 is 31.5 Å². The first-order valence-electron chi connectivity index (χ1n) is 16.3. The Balaban J connectivity index is 1.26. The van der Waals surface area contributed by atoms with Crippen LogP contribution < -0.4 is 5.56 Å². The molecule has 1 saturated heterocycles. The third kappa shape index (κ3) is 8.26. The Bertz CT molecular complexity index is 2010. The van der Waals surface area contributed by atoms with Crippen LogP contribution in [0.3, 0.4) is 0 Å². The number of hydrogen-bond donors (Lipinski definition) is 0. The smallest absolute Gasteiger partial charge is 0.379 e. The molecule has 0 atom stereocenters. The number of nitrogens with zero attached hydrogens (tertiary/aromatic N) is 4. The van der Waals surface area contributed by atoms with Crippen molar-refractivity contribution in [1.29, 1.82) is 0 Å². The number of ether oxygens (including phenoxy) is 1. The molecular formula is C38H35F5N4O3. The van der Waals surface area contributed by atoms with Crippen molar-refractivity contribution in [2.45, 2.75) is 32.1 Å². The molecule has 50 heavy (non-hydrogen) atoms. The van der Waals surface area contributed by atoms with E-state index in [-0.39, 0.29) is 43.2 Å². The van der Waals surface area contributed by atoms with Crippen LogP contribution in [-0.2, 0) is 41.6 Å². The Labute approximate surface area is 285 Å². The van der Waals surface area contributed by atoms with Gasteiger partial charge < -0.3 is 14.2 Å². The second-order valence-corrected chi connectivity index (χ2v) is 12.2. The zero-order valence-electron chi connectivity index (χ0n) is 27.1. The van der Waals surface area contributed by atoms with E-state index in [2.05, 4.69) is 9.88 Å². The van der Waals surface area contributed by atoms with Crippen molar-refractivity contribution in [3.63, 3.8) is 0 Å². The van der Waals surface area contributed by atoms with Crippen LogP contribution >= 0.6 is 0 Å². The van der Waals surface area contributed by atoms with Crippen LogP contribution in [0.2, 0.25) is 0 Å². The minimum atomic E-state index is -4.42. The molecule has 1 amide bonds. The number of amides is 1. The third-order valence-electron chi connectivity index (χ3n) is 8.93. The molecule has 4 aromatic carbocycles. The van der Waals surface area contributed by atoms with Gasteiger partial charge in [0.2, 0.25) is 5.91 Å². The molecule has 0 aliphatic carbocycles. The van der Waals surface area contributed by atoms with E-state index < -0.39 is 28.9 Å². The molecule has 260 valence electrons. The number of carbonyl (C=O) groups excluding carboxylic acids is 1. The predicted octanol–water partition coefficient (Wildman–Crippen LogP) is 6.51. The van der Waals surface area contributed by atoms with Gasteiger partial charge in [0.25, 0.3) is 5.56 Å². The van der Waals surface area contributed by atoms with Crippen LogP contribution in [0.15, 0.2) is 95.8 Å². The average molecular weight is 691 g/mol. The highest BCUT2D eigenvalue weighted by atomic mass is 19.4. The van der Waals surface area contributed by atoms with Crippen LogP contribution in [0, 0.1) is 11.6 Å².